The average molecular weight is 346 g/mol. The van der Waals surface area contributed by atoms with Crippen molar-refractivity contribution in [3.63, 3.8) is 0 Å². The Hall–Kier alpha value is -0.210. The topological polar surface area (TPSA) is 53.1 Å². The Kier molecular flexibility index (Phi) is 4.55. The Bertz CT molecular complexity index is 537. The van der Waals surface area contributed by atoms with Crippen LogP contribution in [0.4, 0.5) is 0 Å². The van der Waals surface area contributed by atoms with Gasteiger partial charge in [-0.1, -0.05) is 20.8 Å². The van der Waals surface area contributed by atoms with Crippen LogP contribution in [0.25, 0.3) is 0 Å². The second-order valence-electron chi connectivity index (χ2n) is 8.72. The maximum atomic E-state index is 12.1. The molecule has 3 saturated heterocycles. The number of likely N-dealkylation sites (tertiary alicyclic amines) is 1. The Morgan fingerprint density at radius 2 is 1.91 bits per heavy atom. The van der Waals surface area contributed by atoms with Gasteiger partial charge < -0.3 is 4.74 Å². The van der Waals surface area contributed by atoms with Crippen molar-refractivity contribution in [1.29, 1.82) is 0 Å². The highest BCUT2D eigenvalue weighted by Crippen LogP contribution is 2.37. The van der Waals surface area contributed by atoms with Gasteiger partial charge in [0.05, 0.1) is 25.0 Å². The van der Waals surface area contributed by atoms with Crippen LogP contribution in [0.3, 0.4) is 0 Å². The van der Waals surface area contributed by atoms with E-state index >= 15 is 0 Å². The molecule has 3 rings (SSSR count). The number of hydrogen-bond donors (Lipinski definition) is 0. The third-order valence-corrected chi connectivity index (χ3v) is 6.62. The number of rotatable bonds is 3. The van der Waals surface area contributed by atoms with Gasteiger partial charge in [-0.15, -0.1) is 0 Å². The van der Waals surface area contributed by atoms with Gasteiger partial charge in [0.25, 0.3) is 0 Å². The largest absolute Gasteiger partial charge is 0.378 e. The van der Waals surface area contributed by atoms with Gasteiger partial charge in [-0.3, -0.25) is 9.80 Å². The third kappa shape index (κ3) is 3.74. The Labute approximate surface area is 140 Å². The van der Waals surface area contributed by atoms with E-state index in [0.717, 1.165) is 32.8 Å². The van der Waals surface area contributed by atoms with Crippen molar-refractivity contribution in [2.45, 2.75) is 38.8 Å². The fraction of sp³-hybridized carbons (Fsp3) is 1.00. The zero-order valence-electron chi connectivity index (χ0n) is 14.9. The van der Waals surface area contributed by atoms with E-state index < -0.39 is 10.0 Å². The maximum Gasteiger partial charge on any atom is 0.211 e. The fourth-order valence-corrected chi connectivity index (χ4v) is 5.04. The lowest BCUT2D eigenvalue weighted by molar-refractivity contribution is -0.153. The first-order valence-corrected chi connectivity index (χ1v) is 10.5. The summed E-state index contributed by atoms with van der Waals surface area (Å²) in [5.41, 5.74) is 0.337. The van der Waals surface area contributed by atoms with Gasteiger partial charge in [0.15, 0.2) is 0 Å². The average Bonchev–Trinajstić information content (AvgIpc) is 2.40. The molecule has 134 valence electrons. The second-order valence-corrected chi connectivity index (χ2v) is 10.7. The number of morpholine rings is 1. The number of nitrogens with zero attached hydrogens (tertiary/aromatic N) is 3. The molecule has 0 radical (unpaired) electrons. The summed E-state index contributed by atoms with van der Waals surface area (Å²) in [6, 6.07) is 0.206. The van der Waals surface area contributed by atoms with Gasteiger partial charge in [0, 0.05) is 38.8 Å². The lowest BCUT2D eigenvalue weighted by Crippen LogP contribution is -2.80. The van der Waals surface area contributed by atoms with Crippen molar-refractivity contribution < 1.29 is 13.2 Å². The smallest absolute Gasteiger partial charge is 0.211 e. The van der Waals surface area contributed by atoms with Crippen LogP contribution >= 0.6 is 0 Å². The van der Waals surface area contributed by atoms with Crippen molar-refractivity contribution in [2.24, 2.45) is 5.41 Å². The number of sulfonamides is 1. The molecule has 1 atom stereocenters. The maximum absolute atomic E-state index is 12.1. The van der Waals surface area contributed by atoms with Gasteiger partial charge in [0.1, 0.15) is 0 Å². The van der Waals surface area contributed by atoms with E-state index in [4.69, 9.17) is 4.74 Å². The molecule has 0 N–H and O–H groups in total. The predicted molar refractivity (Wildman–Crippen MR) is 91.0 cm³/mol. The summed E-state index contributed by atoms with van der Waals surface area (Å²) in [7, 11) is -3.14. The molecule has 6 nitrogen and oxygen atoms in total. The van der Waals surface area contributed by atoms with Gasteiger partial charge in [0.2, 0.25) is 10.0 Å². The van der Waals surface area contributed by atoms with Crippen LogP contribution in [0.1, 0.15) is 27.2 Å². The third-order valence-electron chi connectivity index (χ3n) is 5.40. The zero-order valence-corrected chi connectivity index (χ0v) is 15.7. The van der Waals surface area contributed by atoms with Crippen LogP contribution in [0, 0.1) is 5.41 Å². The first-order chi connectivity index (χ1) is 10.6. The number of fused-ring (bicyclic) bond motifs is 2. The number of ether oxygens (including phenoxy) is 1. The molecule has 3 aliphatic heterocycles. The monoisotopic (exact) mass is 345 g/mol. The van der Waals surface area contributed by atoms with Crippen molar-refractivity contribution in [3.05, 3.63) is 0 Å². The summed E-state index contributed by atoms with van der Waals surface area (Å²) in [6.07, 6.45) is 2.50. The van der Waals surface area contributed by atoms with Crippen LogP contribution in [0.2, 0.25) is 0 Å². The molecular weight excluding hydrogens is 314 g/mol. The minimum Gasteiger partial charge on any atom is -0.378 e. The van der Waals surface area contributed by atoms with E-state index in [2.05, 4.69) is 30.6 Å². The molecule has 0 aromatic carbocycles. The SMILES string of the molecule is CC(C)(C)CCN1CC2(C1)CN(S(C)(=O)=O)C[C@@H]1COCCN12. The molecule has 0 amide bonds. The molecule has 3 heterocycles. The molecule has 1 spiro atoms. The van der Waals surface area contributed by atoms with Crippen molar-refractivity contribution in [1.82, 2.24) is 14.1 Å². The minimum absolute atomic E-state index is 0.00629. The summed E-state index contributed by atoms with van der Waals surface area (Å²) in [5, 5.41) is 0. The minimum atomic E-state index is -3.14. The van der Waals surface area contributed by atoms with E-state index in [1.165, 1.54) is 12.7 Å². The molecule has 0 aromatic rings. The number of piperazine rings is 1. The van der Waals surface area contributed by atoms with E-state index in [0.29, 0.717) is 25.1 Å². The molecule has 0 saturated carbocycles. The summed E-state index contributed by atoms with van der Waals surface area (Å²) >= 11 is 0. The van der Waals surface area contributed by atoms with Crippen LogP contribution in [0.5, 0.6) is 0 Å². The molecule has 3 aliphatic rings. The lowest BCUT2D eigenvalue weighted by Gasteiger charge is -2.63. The normalized spacial score (nSPS) is 30.2. The Morgan fingerprint density at radius 1 is 1.22 bits per heavy atom. The van der Waals surface area contributed by atoms with Crippen molar-refractivity contribution in [2.75, 3.05) is 58.7 Å². The molecule has 0 bridgehead atoms. The van der Waals surface area contributed by atoms with Crippen LogP contribution in [-0.2, 0) is 14.8 Å². The van der Waals surface area contributed by atoms with Gasteiger partial charge >= 0.3 is 0 Å². The van der Waals surface area contributed by atoms with Gasteiger partial charge in [-0.2, -0.15) is 4.31 Å². The highest BCUT2D eigenvalue weighted by atomic mass is 32.2. The van der Waals surface area contributed by atoms with Crippen molar-refractivity contribution >= 4 is 10.0 Å². The first kappa shape index (κ1) is 17.6. The summed E-state index contributed by atoms with van der Waals surface area (Å²) in [6.45, 7) is 13.4. The van der Waals surface area contributed by atoms with Crippen LogP contribution in [0.15, 0.2) is 0 Å². The molecule has 0 aliphatic carbocycles. The molecule has 23 heavy (non-hydrogen) atoms. The summed E-state index contributed by atoms with van der Waals surface area (Å²) < 4.78 is 31.4. The molecule has 0 aromatic heterocycles. The van der Waals surface area contributed by atoms with Gasteiger partial charge in [-0.05, 0) is 18.4 Å². The Morgan fingerprint density at radius 3 is 2.52 bits per heavy atom. The van der Waals surface area contributed by atoms with E-state index in [1.807, 2.05) is 0 Å². The van der Waals surface area contributed by atoms with Crippen molar-refractivity contribution in [3.8, 4) is 0 Å². The lowest BCUT2D eigenvalue weighted by atomic mass is 9.82. The summed E-state index contributed by atoms with van der Waals surface area (Å²) in [4.78, 5) is 5.01. The Balaban J connectivity index is 1.69. The molecule has 0 unspecified atom stereocenters. The van der Waals surface area contributed by atoms with E-state index in [1.54, 1.807) is 4.31 Å². The van der Waals surface area contributed by atoms with E-state index in [9.17, 15) is 8.42 Å². The summed E-state index contributed by atoms with van der Waals surface area (Å²) in [5.74, 6) is 0. The first-order valence-electron chi connectivity index (χ1n) is 8.61. The van der Waals surface area contributed by atoms with E-state index in [-0.39, 0.29) is 11.6 Å². The second kappa shape index (κ2) is 5.95. The van der Waals surface area contributed by atoms with Crippen LogP contribution in [-0.4, -0.2) is 92.8 Å². The molecular formula is C16H31N3O3S. The highest BCUT2D eigenvalue weighted by molar-refractivity contribution is 7.88. The number of hydrogen-bond acceptors (Lipinski definition) is 5. The molecule has 7 heteroatoms. The standard InChI is InChI=1S/C16H31N3O3S/c1-15(2,3)5-6-17-11-16(12-17)13-18(23(4,20)21)9-14-10-22-8-7-19(14)16/h14H,5-13H2,1-4H3/t14-/m1/s1. The highest BCUT2D eigenvalue weighted by Gasteiger charge is 2.55. The predicted octanol–water partition coefficient (Wildman–Crippen LogP) is 0.453. The van der Waals surface area contributed by atoms with Crippen LogP contribution < -0.4 is 0 Å². The quantitative estimate of drug-likeness (QED) is 0.744. The van der Waals surface area contributed by atoms with Gasteiger partial charge in [-0.25, -0.2) is 8.42 Å². The zero-order chi connectivity index (χ0) is 16.9. The molecule has 3 fully saturated rings. The fourth-order valence-electron chi connectivity index (χ4n) is 4.12.